The smallest absolute Gasteiger partial charge is 0.363 e. The van der Waals surface area contributed by atoms with Crippen molar-refractivity contribution in [2.45, 2.75) is 0 Å². The Morgan fingerprint density at radius 1 is 1.12 bits per heavy atom. The molecule has 0 radical (unpaired) electrons. The van der Waals surface area contributed by atoms with Crippen LogP contribution in [0.25, 0.3) is 6.08 Å². The summed E-state index contributed by atoms with van der Waals surface area (Å²) in [7, 11) is 0. The molecule has 0 atom stereocenters. The van der Waals surface area contributed by atoms with Gasteiger partial charge in [0.25, 0.3) is 5.69 Å². The van der Waals surface area contributed by atoms with Crippen LogP contribution in [0.1, 0.15) is 11.1 Å². The lowest BCUT2D eigenvalue weighted by atomic mass is 10.2. The van der Waals surface area contributed by atoms with Crippen LogP contribution in [-0.2, 0) is 9.53 Å². The monoisotopic (exact) mass is 362 g/mol. The first-order chi connectivity index (χ1) is 11.5. The molecular weight excluding hydrogens is 355 g/mol. The van der Waals surface area contributed by atoms with E-state index in [0.29, 0.717) is 10.6 Å². The average molecular weight is 363 g/mol. The van der Waals surface area contributed by atoms with E-state index in [1.165, 1.54) is 24.3 Å². The Morgan fingerprint density at radius 3 is 2.58 bits per heavy atom. The van der Waals surface area contributed by atoms with Crippen LogP contribution in [0.4, 0.5) is 5.69 Å². The third-order valence-electron chi connectivity index (χ3n) is 3.21. The highest BCUT2D eigenvalue weighted by Gasteiger charge is 2.27. The number of nitro groups is 1. The minimum atomic E-state index is -0.688. The molecule has 0 fully saturated rings. The summed E-state index contributed by atoms with van der Waals surface area (Å²) < 4.78 is 5.08. The number of carbonyl (C=O) groups excluding carboxylic acids is 1. The molecule has 6 nitrogen and oxygen atoms in total. The summed E-state index contributed by atoms with van der Waals surface area (Å²) in [5.74, 6) is -0.778. The van der Waals surface area contributed by atoms with E-state index >= 15 is 0 Å². The van der Waals surface area contributed by atoms with Gasteiger partial charge in [0.2, 0.25) is 5.90 Å². The van der Waals surface area contributed by atoms with Gasteiger partial charge in [0.05, 0.1) is 15.5 Å². The first-order valence-corrected chi connectivity index (χ1v) is 7.42. The van der Waals surface area contributed by atoms with Gasteiger partial charge in [0, 0.05) is 17.2 Å². The Labute approximate surface area is 146 Å². The number of nitro benzene ring substituents is 1. The van der Waals surface area contributed by atoms with Crippen LogP contribution in [0.15, 0.2) is 53.2 Å². The molecule has 2 aromatic carbocycles. The van der Waals surface area contributed by atoms with Crippen LogP contribution in [0.2, 0.25) is 10.0 Å². The molecule has 0 bridgehead atoms. The number of non-ortho nitro benzene ring substituents is 1. The molecule has 8 heteroatoms. The lowest BCUT2D eigenvalue weighted by Gasteiger charge is -2.02. The number of nitrogens with zero attached hydrogens (tertiary/aromatic N) is 2. The first-order valence-electron chi connectivity index (χ1n) is 6.67. The van der Waals surface area contributed by atoms with Crippen molar-refractivity contribution in [3.8, 4) is 0 Å². The number of aliphatic imine (C=N–C) groups is 1. The van der Waals surface area contributed by atoms with E-state index in [4.69, 9.17) is 27.9 Å². The van der Waals surface area contributed by atoms with Crippen molar-refractivity contribution in [1.29, 1.82) is 0 Å². The van der Waals surface area contributed by atoms with Crippen molar-refractivity contribution in [2.24, 2.45) is 4.99 Å². The topological polar surface area (TPSA) is 81.8 Å². The number of hydrogen-bond acceptors (Lipinski definition) is 5. The van der Waals surface area contributed by atoms with Gasteiger partial charge in [-0.05, 0) is 23.8 Å². The molecule has 0 spiro atoms. The molecular formula is C16H8Cl2N2O4. The van der Waals surface area contributed by atoms with Gasteiger partial charge in [-0.25, -0.2) is 9.79 Å². The molecule has 0 aromatic heterocycles. The van der Waals surface area contributed by atoms with Crippen molar-refractivity contribution in [3.63, 3.8) is 0 Å². The molecule has 1 aliphatic heterocycles. The summed E-state index contributed by atoms with van der Waals surface area (Å²) >= 11 is 12.1. The highest BCUT2D eigenvalue weighted by atomic mass is 35.5. The third-order valence-corrected chi connectivity index (χ3v) is 3.88. The summed E-state index contributed by atoms with van der Waals surface area (Å²) in [6.07, 6.45) is 1.48. The summed E-state index contributed by atoms with van der Waals surface area (Å²) in [5, 5.41) is 11.5. The number of carbonyl (C=O) groups is 1. The Kier molecular flexibility index (Phi) is 4.33. The van der Waals surface area contributed by atoms with Crippen LogP contribution >= 0.6 is 23.2 Å². The van der Waals surface area contributed by atoms with Gasteiger partial charge in [0.1, 0.15) is 0 Å². The molecule has 0 aliphatic carbocycles. The number of ether oxygens (including phenoxy) is 1. The number of rotatable bonds is 3. The molecule has 1 heterocycles. The molecule has 24 heavy (non-hydrogen) atoms. The van der Waals surface area contributed by atoms with Gasteiger partial charge in [-0.1, -0.05) is 41.4 Å². The number of halogens is 2. The molecule has 3 rings (SSSR count). The molecule has 0 amide bonds. The van der Waals surface area contributed by atoms with Crippen molar-refractivity contribution < 1.29 is 14.5 Å². The van der Waals surface area contributed by atoms with E-state index in [1.807, 2.05) is 0 Å². The number of benzene rings is 2. The quantitative estimate of drug-likeness (QED) is 0.353. The molecule has 120 valence electrons. The van der Waals surface area contributed by atoms with Gasteiger partial charge in [-0.3, -0.25) is 10.1 Å². The maximum Gasteiger partial charge on any atom is 0.363 e. The molecule has 0 unspecified atom stereocenters. The lowest BCUT2D eigenvalue weighted by molar-refractivity contribution is -0.384. The van der Waals surface area contributed by atoms with E-state index in [2.05, 4.69) is 4.99 Å². The maximum atomic E-state index is 12.0. The predicted molar refractivity (Wildman–Crippen MR) is 90.2 cm³/mol. The Hall–Kier alpha value is -2.70. The van der Waals surface area contributed by atoms with Crippen LogP contribution in [-0.4, -0.2) is 16.8 Å². The summed E-state index contributed by atoms with van der Waals surface area (Å²) in [4.78, 5) is 26.4. The van der Waals surface area contributed by atoms with Crippen LogP contribution in [0.3, 0.4) is 0 Å². The van der Waals surface area contributed by atoms with Crippen LogP contribution in [0, 0.1) is 10.1 Å². The normalized spacial score (nSPS) is 15.3. The average Bonchev–Trinajstić information content (AvgIpc) is 2.90. The fourth-order valence-electron chi connectivity index (χ4n) is 2.05. The van der Waals surface area contributed by atoms with Gasteiger partial charge in [0.15, 0.2) is 5.70 Å². The van der Waals surface area contributed by atoms with Crippen LogP contribution < -0.4 is 0 Å². The molecule has 0 saturated carbocycles. The second kappa shape index (κ2) is 6.43. The zero-order valence-electron chi connectivity index (χ0n) is 11.9. The zero-order valence-corrected chi connectivity index (χ0v) is 13.4. The van der Waals surface area contributed by atoms with Crippen molar-refractivity contribution in [3.05, 3.63) is 79.4 Å². The van der Waals surface area contributed by atoms with Gasteiger partial charge >= 0.3 is 5.97 Å². The van der Waals surface area contributed by atoms with E-state index in [0.717, 1.165) is 0 Å². The number of esters is 1. The number of hydrogen-bond donors (Lipinski definition) is 0. The van der Waals surface area contributed by atoms with Gasteiger partial charge in [-0.2, -0.15) is 0 Å². The maximum absolute atomic E-state index is 12.0. The summed E-state index contributed by atoms with van der Waals surface area (Å²) in [6.45, 7) is 0. The Balaban J connectivity index is 2.03. The number of cyclic esters (lactones) is 1. The van der Waals surface area contributed by atoms with Crippen molar-refractivity contribution in [2.75, 3.05) is 0 Å². The molecule has 1 aliphatic rings. The van der Waals surface area contributed by atoms with E-state index in [9.17, 15) is 14.9 Å². The summed E-state index contributed by atoms with van der Waals surface area (Å²) in [6, 6.07) is 10.7. The Morgan fingerprint density at radius 2 is 1.88 bits per heavy atom. The molecule has 2 aromatic rings. The molecule has 0 saturated heterocycles. The first kappa shape index (κ1) is 16.2. The standard InChI is InChI=1S/C16H8Cl2N2O4/c17-12-4-2-1-3-9(12)7-14-16(21)24-15(19-14)11-8-10(20(22)23)5-6-13(11)18/h1-8H/b14-7+. The minimum Gasteiger partial charge on any atom is -0.402 e. The highest BCUT2D eigenvalue weighted by molar-refractivity contribution is 6.35. The predicted octanol–water partition coefficient (Wildman–Crippen LogP) is 4.25. The van der Waals surface area contributed by atoms with E-state index in [1.54, 1.807) is 24.3 Å². The second-order valence-electron chi connectivity index (χ2n) is 4.78. The van der Waals surface area contributed by atoms with E-state index < -0.39 is 10.9 Å². The van der Waals surface area contributed by atoms with Gasteiger partial charge in [-0.15, -0.1) is 0 Å². The largest absolute Gasteiger partial charge is 0.402 e. The van der Waals surface area contributed by atoms with E-state index in [-0.39, 0.29) is 27.9 Å². The SMILES string of the molecule is O=C1OC(c2cc([N+](=O)[O-])ccc2Cl)=N/C1=C/c1ccccc1Cl. The highest BCUT2D eigenvalue weighted by Crippen LogP contribution is 2.28. The fraction of sp³-hybridized carbons (Fsp3) is 0. The van der Waals surface area contributed by atoms with Crippen molar-refractivity contribution >= 4 is 46.8 Å². The summed E-state index contributed by atoms with van der Waals surface area (Å²) in [5.41, 5.74) is 0.611. The lowest BCUT2D eigenvalue weighted by Crippen LogP contribution is -2.06. The zero-order chi connectivity index (χ0) is 17.3. The molecule has 0 N–H and O–H groups in total. The van der Waals surface area contributed by atoms with Crippen LogP contribution in [0.5, 0.6) is 0 Å². The van der Waals surface area contributed by atoms with Gasteiger partial charge < -0.3 is 4.74 Å². The minimum absolute atomic E-state index is 0.0284. The second-order valence-corrected chi connectivity index (χ2v) is 5.59. The van der Waals surface area contributed by atoms with Crippen molar-refractivity contribution in [1.82, 2.24) is 0 Å². The Bertz CT molecular complexity index is 922. The fourth-order valence-corrected chi connectivity index (χ4v) is 2.44. The third kappa shape index (κ3) is 3.15.